The lowest BCUT2D eigenvalue weighted by Gasteiger charge is -2.06. The molecule has 0 radical (unpaired) electrons. The molecule has 1 saturated carbocycles. The molecule has 1 amide bonds. The molecular formula is C10H12ClN3O. The number of primary amides is 1. The predicted molar refractivity (Wildman–Crippen MR) is 60.0 cm³/mol. The van der Waals surface area contributed by atoms with E-state index in [-0.39, 0.29) is 6.04 Å². The molecule has 5 heteroatoms. The second kappa shape index (κ2) is 3.72. The lowest BCUT2D eigenvalue weighted by atomic mass is 10.2. The van der Waals surface area contributed by atoms with Crippen LogP contribution in [0.1, 0.15) is 16.8 Å². The number of halogens is 1. The standard InChI is InChI=1S/C10H12ClN3O/c11-7-3-5(14-9-4-8(9)12)1-2-6(7)10(13)15/h1-3,8-9,14H,4,12H2,(H2,13,15). The van der Waals surface area contributed by atoms with Crippen molar-refractivity contribution in [3.63, 3.8) is 0 Å². The molecule has 1 aromatic carbocycles. The first-order valence-electron chi connectivity index (χ1n) is 4.69. The molecule has 1 aromatic rings. The minimum atomic E-state index is -0.519. The van der Waals surface area contributed by atoms with Gasteiger partial charge in [0, 0.05) is 17.8 Å². The molecule has 4 nitrogen and oxygen atoms in total. The minimum absolute atomic E-state index is 0.222. The van der Waals surface area contributed by atoms with Crippen LogP contribution in [-0.4, -0.2) is 18.0 Å². The average molecular weight is 226 g/mol. The van der Waals surface area contributed by atoms with Crippen LogP contribution in [0.2, 0.25) is 5.02 Å². The van der Waals surface area contributed by atoms with Crippen molar-refractivity contribution < 1.29 is 4.79 Å². The van der Waals surface area contributed by atoms with Gasteiger partial charge in [0.25, 0.3) is 0 Å². The van der Waals surface area contributed by atoms with E-state index < -0.39 is 5.91 Å². The third-order valence-corrected chi connectivity index (χ3v) is 2.74. The molecule has 2 atom stereocenters. The van der Waals surface area contributed by atoms with Crippen molar-refractivity contribution in [2.45, 2.75) is 18.5 Å². The number of nitrogens with two attached hydrogens (primary N) is 2. The maximum Gasteiger partial charge on any atom is 0.250 e. The summed E-state index contributed by atoms with van der Waals surface area (Å²) in [7, 11) is 0. The lowest BCUT2D eigenvalue weighted by Crippen LogP contribution is -2.14. The molecule has 0 bridgehead atoms. The van der Waals surface area contributed by atoms with Crippen LogP contribution in [-0.2, 0) is 0 Å². The maximum absolute atomic E-state index is 10.9. The molecule has 0 aliphatic heterocycles. The Morgan fingerprint density at radius 1 is 1.53 bits per heavy atom. The smallest absolute Gasteiger partial charge is 0.250 e. The van der Waals surface area contributed by atoms with Gasteiger partial charge in [-0.1, -0.05) is 11.6 Å². The molecule has 2 rings (SSSR count). The second-order valence-electron chi connectivity index (χ2n) is 3.71. The largest absolute Gasteiger partial charge is 0.381 e. The number of carbonyl (C=O) groups is 1. The van der Waals surface area contributed by atoms with E-state index in [0.29, 0.717) is 16.6 Å². The summed E-state index contributed by atoms with van der Waals surface area (Å²) in [6, 6.07) is 5.62. The summed E-state index contributed by atoms with van der Waals surface area (Å²) >= 11 is 5.89. The molecule has 0 spiro atoms. The summed E-state index contributed by atoms with van der Waals surface area (Å²) in [5.74, 6) is -0.519. The highest BCUT2D eigenvalue weighted by Gasteiger charge is 2.33. The first kappa shape index (κ1) is 10.3. The summed E-state index contributed by atoms with van der Waals surface area (Å²) in [4.78, 5) is 10.9. The van der Waals surface area contributed by atoms with Crippen molar-refractivity contribution in [2.75, 3.05) is 5.32 Å². The van der Waals surface area contributed by atoms with Crippen molar-refractivity contribution >= 4 is 23.2 Å². The summed E-state index contributed by atoms with van der Waals surface area (Å²) in [6.07, 6.45) is 0.967. The van der Waals surface area contributed by atoms with Crippen LogP contribution in [0.25, 0.3) is 0 Å². The van der Waals surface area contributed by atoms with E-state index in [0.717, 1.165) is 12.1 Å². The van der Waals surface area contributed by atoms with Gasteiger partial charge in [0.05, 0.1) is 10.6 Å². The number of rotatable bonds is 3. The van der Waals surface area contributed by atoms with Crippen molar-refractivity contribution in [1.29, 1.82) is 0 Å². The zero-order chi connectivity index (χ0) is 11.0. The van der Waals surface area contributed by atoms with Gasteiger partial charge < -0.3 is 16.8 Å². The fraction of sp³-hybridized carbons (Fsp3) is 0.300. The fourth-order valence-electron chi connectivity index (χ4n) is 1.40. The highest BCUT2D eigenvalue weighted by molar-refractivity contribution is 6.34. The average Bonchev–Trinajstić information content (AvgIpc) is 2.81. The molecule has 15 heavy (non-hydrogen) atoms. The Labute approximate surface area is 92.6 Å². The summed E-state index contributed by atoms with van der Waals surface area (Å²) in [6.45, 7) is 0. The SMILES string of the molecule is NC(=O)c1ccc(NC2CC2N)cc1Cl. The van der Waals surface area contributed by atoms with Gasteiger partial charge in [0.15, 0.2) is 0 Å². The Morgan fingerprint density at radius 2 is 2.20 bits per heavy atom. The molecule has 5 N–H and O–H groups in total. The van der Waals surface area contributed by atoms with Crippen LogP contribution in [0.4, 0.5) is 5.69 Å². The summed E-state index contributed by atoms with van der Waals surface area (Å²) < 4.78 is 0. The van der Waals surface area contributed by atoms with Crippen LogP contribution >= 0.6 is 11.6 Å². The van der Waals surface area contributed by atoms with Crippen LogP contribution in [0.5, 0.6) is 0 Å². The molecule has 2 unspecified atom stereocenters. The topological polar surface area (TPSA) is 81.1 Å². The van der Waals surface area contributed by atoms with Crippen molar-refractivity contribution in [3.8, 4) is 0 Å². The van der Waals surface area contributed by atoms with Gasteiger partial charge in [-0.3, -0.25) is 4.79 Å². The van der Waals surface area contributed by atoms with E-state index in [1.807, 2.05) is 0 Å². The highest BCUT2D eigenvalue weighted by Crippen LogP contribution is 2.26. The number of carbonyl (C=O) groups excluding carboxylic acids is 1. The number of hydrogen-bond acceptors (Lipinski definition) is 3. The first-order chi connectivity index (χ1) is 7.08. The number of anilines is 1. The minimum Gasteiger partial charge on any atom is -0.381 e. The van der Waals surface area contributed by atoms with Gasteiger partial charge in [-0.25, -0.2) is 0 Å². The number of amides is 1. The first-order valence-corrected chi connectivity index (χ1v) is 5.07. The van der Waals surface area contributed by atoms with Gasteiger partial charge in [0.1, 0.15) is 0 Å². The summed E-state index contributed by atoms with van der Waals surface area (Å²) in [5, 5.41) is 3.57. The molecule has 80 valence electrons. The van der Waals surface area contributed by atoms with E-state index in [9.17, 15) is 4.79 Å². The van der Waals surface area contributed by atoms with E-state index in [4.69, 9.17) is 23.1 Å². The Kier molecular flexibility index (Phi) is 2.54. The van der Waals surface area contributed by atoms with E-state index in [1.165, 1.54) is 0 Å². The van der Waals surface area contributed by atoms with Crippen LogP contribution in [0, 0.1) is 0 Å². The van der Waals surface area contributed by atoms with E-state index in [1.54, 1.807) is 18.2 Å². The Morgan fingerprint density at radius 3 is 2.67 bits per heavy atom. The monoisotopic (exact) mass is 225 g/mol. The van der Waals surface area contributed by atoms with Gasteiger partial charge in [0.2, 0.25) is 5.91 Å². The van der Waals surface area contributed by atoms with Crippen LogP contribution in [0.3, 0.4) is 0 Å². The van der Waals surface area contributed by atoms with Crippen molar-refractivity contribution in [1.82, 2.24) is 0 Å². The zero-order valence-corrected chi connectivity index (χ0v) is 8.79. The molecule has 0 heterocycles. The molecular weight excluding hydrogens is 214 g/mol. The highest BCUT2D eigenvalue weighted by atomic mass is 35.5. The number of hydrogen-bond donors (Lipinski definition) is 3. The third-order valence-electron chi connectivity index (χ3n) is 2.43. The quantitative estimate of drug-likeness (QED) is 0.717. The van der Waals surface area contributed by atoms with Crippen LogP contribution < -0.4 is 16.8 Å². The lowest BCUT2D eigenvalue weighted by molar-refractivity contribution is 0.100. The fourth-order valence-corrected chi connectivity index (χ4v) is 1.67. The molecule has 0 aromatic heterocycles. The van der Waals surface area contributed by atoms with Gasteiger partial charge >= 0.3 is 0 Å². The second-order valence-corrected chi connectivity index (χ2v) is 4.12. The van der Waals surface area contributed by atoms with Crippen molar-refractivity contribution in [3.05, 3.63) is 28.8 Å². The predicted octanol–water partition coefficient (Wildman–Crippen LogP) is 0.950. The molecule has 0 saturated heterocycles. The van der Waals surface area contributed by atoms with Gasteiger partial charge in [-0.15, -0.1) is 0 Å². The van der Waals surface area contributed by atoms with Crippen LogP contribution in [0.15, 0.2) is 18.2 Å². The number of benzene rings is 1. The molecule has 1 aliphatic carbocycles. The van der Waals surface area contributed by atoms with Gasteiger partial charge in [-0.2, -0.15) is 0 Å². The Balaban J connectivity index is 2.14. The molecule has 1 aliphatic rings. The van der Waals surface area contributed by atoms with Gasteiger partial charge in [-0.05, 0) is 24.6 Å². The zero-order valence-electron chi connectivity index (χ0n) is 8.03. The van der Waals surface area contributed by atoms with Crippen molar-refractivity contribution in [2.24, 2.45) is 11.5 Å². The Hall–Kier alpha value is -1.26. The van der Waals surface area contributed by atoms with E-state index >= 15 is 0 Å². The maximum atomic E-state index is 10.9. The summed E-state index contributed by atoms with van der Waals surface area (Å²) in [5.41, 5.74) is 12.0. The number of nitrogens with one attached hydrogen (secondary N) is 1. The third kappa shape index (κ3) is 2.22. The Bertz CT molecular complexity index is 408. The normalized spacial score (nSPS) is 23.6. The van der Waals surface area contributed by atoms with E-state index in [2.05, 4.69) is 5.32 Å². The molecule has 1 fully saturated rings.